The van der Waals surface area contributed by atoms with Gasteiger partial charge in [0.25, 0.3) is 0 Å². The summed E-state index contributed by atoms with van der Waals surface area (Å²) in [6.45, 7) is 2.99. The summed E-state index contributed by atoms with van der Waals surface area (Å²) in [6.07, 6.45) is 8.72. The zero-order valence-corrected chi connectivity index (χ0v) is 15.8. The summed E-state index contributed by atoms with van der Waals surface area (Å²) in [6, 6.07) is 0. The molecule has 2 N–H and O–H groups in total. The molecule has 2 aromatic heterocycles. The van der Waals surface area contributed by atoms with Gasteiger partial charge in [0.2, 0.25) is 0 Å². The number of carbonyl (C=O) groups is 1. The van der Waals surface area contributed by atoms with E-state index < -0.39 is 0 Å². The van der Waals surface area contributed by atoms with Crippen LogP contribution in [-0.2, 0) is 13.0 Å². The number of anilines is 1. The van der Waals surface area contributed by atoms with Gasteiger partial charge in [0.05, 0.1) is 28.5 Å². The molecule has 25 heavy (non-hydrogen) atoms. The Morgan fingerprint density at radius 1 is 1.44 bits per heavy atom. The number of halogens is 2. The molecule has 2 aromatic rings. The highest BCUT2D eigenvalue weighted by molar-refractivity contribution is 6.55. The Morgan fingerprint density at radius 2 is 2.24 bits per heavy atom. The fraction of sp³-hybridized carbons (Fsp3) is 0.500. The molecule has 1 unspecified atom stereocenters. The van der Waals surface area contributed by atoms with Gasteiger partial charge in [0, 0.05) is 12.5 Å². The van der Waals surface area contributed by atoms with Crippen LogP contribution in [-0.4, -0.2) is 20.5 Å². The molecule has 1 aliphatic carbocycles. The molecule has 134 valence electrons. The monoisotopic (exact) mass is 380 g/mol. The molecule has 3 rings (SSSR count). The Bertz CT molecular complexity index is 824. The zero-order chi connectivity index (χ0) is 18.0. The molecule has 1 atom stereocenters. The number of fused-ring (bicyclic) bond motifs is 2. The Hall–Kier alpha value is -1.59. The van der Waals surface area contributed by atoms with Crippen molar-refractivity contribution in [2.24, 2.45) is 5.92 Å². The number of carbonyl (C=O) groups excluding carboxylic acids is 1. The number of hydrogen-bond donors (Lipinski definition) is 1. The van der Waals surface area contributed by atoms with Crippen LogP contribution in [0.2, 0.25) is 0 Å². The highest BCUT2D eigenvalue weighted by Crippen LogP contribution is 2.35. The van der Waals surface area contributed by atoms with E-state index >= 15 is 0 Å². The maximum atomic E-state index is 12.8. The van der Waals surface area contributed by atoms with Crippen molar-refractivity contribution in [3.63, 3.8) is 0 Å². The molecule has 0 saturated heterocycles. The summed E-state index contributed by atoms with van der Waals surface area (Å²) in [5.41, 5.74) is 8.95. The second-order valence-corrected chi connectivity index (χ2v) is 7.50. The van der Waals surface area contributed by atoms with Gasteiger partial charge in [-0.05, 0) is 25.7 Å². The molecule has 0 aliphatic heterocycles. The summed E-state index contributed by atoms with van der Waals surface area (Å²) < 4.78 is 2.09. The predicted octanol–water partition coefficient (Wildman–Crippen LogP) is 4.66. The van der Waals surface area contributed by atoms with Crippen LogP contribution in [0, 0.1) is 5.92 Å². The van der Waals surface area contributed by atoms with Gasteiger partial charge >= 0.3 is 0 Å². The Labute approximate surface area is 157 Å². The second-order valence-electron chi connectivity index (χ2n) is 6.49. The number of nitrogens with two attached hydrogens (primary N) is 1. The second kappa shape index (κ2) is 7.75. The van der Waals surface area contributed by atoms with Crippen molar-refractivity contribution in [3.05, 3.63) is 28.0 Å². The third-order valence-electron chi connectivity index (χ3n) is 4.78. The average molecular weight is 381 g/mol. The molecule has 0 spiro atoms. The van der Waals surface area contributed by atoms with Crippen LogP contribution < -0.4 is 5.73 Å². The lowest BCUT2D eigenvalue weighted by molar-refractivity contribution is 0.0903. The molecule has 0 fully saturated rings. The third-order valence-corrected chi connectivity index (χ3v) is 5.09. The summed E-state index contributed by atoms with van der Waals surface area (Å²) in [7, 11) is 0. The summed E-state index contributed by atoms with van der Waals surface area (Å²) in [5, 5.41) is 5.18. The Kier molecular flexibility index (Phi) is 5.64. The van der Waals surface area contributed by atoms with Crippen molar-refractivity contribution in [1.82, 2.24) is 14.8 Å². The molecule has 5 nitrogen and oxygen atoms in total. The van der Waals surface area contributed by atoms with Gasteiger partial charge in [-0.1, -0.05) is 49.0 Å². The third kappa shape index (κ3) is 3.67. The number of ketones is 1. The van der Waals surface area contributed by atoms with E-state index in [2.05, 4.69) is 12.0 Å². The number of unbranched alkanes of at least 4 members (excludes halogenated alkanes) is 2. The van der Waals surface area contributed by atoms with E-state index in [9.17, 15) is 4.79 Å². The van der Waals surface area contributed by atoms with E-state index in [0.29, 0.717) is 17.7 Å². The predicted molar refractivity (Wildman–Crippen MR) is 102 cm³/mol. The van der Waals surface area contributed by atoms with E-state index in [1.165, 1.54) is 0 Å². The maximum Gasteiger partial charge on any atom is 0.170 e. The molecule has 1 aliphatic rings. The first-order valence-corrected chi connectivity index (χ1v) is 9.47. The van der Waals surface area contributed by atoms with Crippen LogP contribution in [0.15, 0.2) is 16.8 Å². The van der Waals surface area contributed by atoms with Crippen molar-refractivity contribution in [2.45, 2.75) is 52.0 Å². The topological polar surface area (TPSA) is 73.8 Å². The molecule has 0 radical (unpaired) electrons. The molecule has 0 bridgehead atoms. The van der Waals surface area contributed by atoms with Crippen LogP contribution in [0.3, 0.4) is 0 Å². The molecular formula is C18H22Cl2N4O. The first-order valence-electron chi connectivity index (χ1n) is 8.72. The first kappa shape index (κ1) is 18.2. The van der Waals surface area contributed by atoms with E-state index in [0.717, 1.165) is 55.4 Å². The van der Waals surface area contributed by atoms with Crippen LogP contribution >= 0.6 is 23.2 Å². The Balaban J connectivity index is 1.94. The maximum absolute atomic E-state index is 12.8. The lowest BCUT2D eigenvalue weighted by Crippen LogP contribution is -2.25. The number of Topliss-reactive ketones (excluding diaryl/α,β-unsaturated/α-hetero) is 1. The number of rotatable bonds is 6. The zero-order valence-electron chi connectivity index (χ0n) is 14.3. The van der Waals surface area contributed by atoms with E-state index in [-0.39, 0.29) is 16.2 Å². The summed E-state index contributed by atoms with van der Waals surface area (Å²) in [5.74, 6) is -0.126. The van der Waals surface area contributed by atoms with E-state index in [4.69, 9.17) is 33.9 Å². The molecule has 7 heteroatoms. The van der Waals surface area contributed by atoms with Crippen LogP contribution in [0.25, 0.3) is 11.0 Å². The minimum atomic E-state index is -0.152. The number of hydrogen-bond acceptors (Lipinski definition) is 4. The van der Waals surface area contributed by atoms with Gasteiger partial charge < -0.3 is 5.73 Å². The Morgan fingerprint density at radius 3 is 2.96 bits per heavy atom. The van der Waals surface area contributed by atoms with E-state index in [1.54, 1.807) is 12.3 Å². The average Bonchev–Trinajstić information content (AvgIpc) is 2.98. The molecule has 0 aromatic carbocycles. The number of allylic oxidation sites excluding steroid dienone is 1. The van der Waals surface area contributed by atoms with Gasteiger partial charge in [-0.15, -0.1) is 0 Å². The van der Waals surface area contributed by atoms with Gasteiger partial charge in [-0.3, -0.25) is 4.79 Å². The summed E-state index contributed by atoms with van der Waals surface area (Å²) in [4.78, 5) is 17.6. The summed E-state index contributed by atoms with van der Waals surface area (Å²) >= 11 is 11.4. The lowest BCUT2D eigenvalue weighted by Gasteiger charge is -2.23. The molecule has 0 amide bonds. The van der Waals surface area contributed by atoms with Gasteiger partial charge in [0.15, 0.2) is 11.4 Å². The highest BCUT2D eigenvalue weighted by atomic mass is 35.5. The van der Waals surface area contributed by atoms with Crippen molar-refractivity contribution in [2.75, 3.05) is 5.73 Å². The van der Waals surface area contributed by atoms with Gasteiger partial charge in [0.1, 0.15) is 4.49 Å². The smallest absolute Gasteiger partial charge is 0.170 e. The van der Waals surface area contributed by atoms with Crippen LogP contribution in [0.5, 0.6) is 0 Å². The van der Waals surface area contributed by atoms with Crippen LogP contribution in [0.4, 0.5) is 5.69 Å². The SMILES string of the molecule is CCCCCn1ncc2c(N)c3c(nc21)CCC(CC=C(Cl)Cl)C3=O. The fourth-order valence-corrected chi connectivity index (χ4v) is 3.57. The standard InChI is InChI=1S/C18H22Cl2N4O/c1-2-3-4-9-24-18-12(10-22-24)16(21)15-13(23-18)7-5-11(17(15)25)6-8-14(19)20/h8,10-11H,2-7,9H2,1H3,(H2,21,23). The number of nitrogens with zero attached hydrogens (tertiary/aromatic N) is 3. The number of aromatic nitrogens is 3. The van der Waals surface area contributed by atoms with E-state index in [1.807, 2.05) is 4.68 Å². The minimum Gasteiger partial charge on any atom is -0.397 e. The number of aryl methyl sites for hydroxylation is 2. The van der Waals surface area contributed by atoms with Crippen molar-refractivity contribution >= 4 is 45.7 Å². The van der Waals surface area contributed by atoms with Crippen molar-refractivity contribution < 1.29 is 4.79 Å². The minimum absolute atomic E-state index is 0.0257. The number of pyridine rings is 1. The molecular weight excluding hydrogens is 359 g/mol. The normalized spacial score (nSPS) is 16.9. The van der Waals surface area contributed by atoms with Crippen molar-refractivity contribution in [1.29, 1.82) is 0 Å². The van der Waals surface area contributed by atoms with Crippen LogP contribution in [0.1, 0.15) is 55.1 Å². The molecule has 2 heterocycles. The first-order chi connectivity index (χ1) is 12.0. The molecule has 0 saturated carbocycles. The van der Waals surface area contributed by atoms with Crippen molar-refractivity contribution in [3.8, 4) is 0 Å². The highest BCUT2D eigenvalue weighted by Gasteiger charge is 2.31. The van der Waals surface area contributed by atoms with Gasteiger partial charge in [-0.2, -0.15) is 5.10 Å². The van der Waals surface area contributed by atoms with Gasteiger partial charge in [-0.25, -0.2) is 9.67 Å². The number of nitrogen functional groups attached to an aromatic ring is 1. The fourth-order valence-electron chi connectivity index (χ4n) is 3.39. The lowest BCUT2D eigenvalue weighted by atomic mass is 9.82. The quantitative estimate of drug-likeness (QED) is 0.739. The largest absolute Gasteiger partial charge is 0.397 e.